The maximum absolute atomic E-state index is 13.1. The minimum Gasteiger partial charge on any atom is -0.374 e. The van der Waals surface area contributed by atoms with Gasteiger partial charge in [-0.25, -0.2) is 4.39 Å². The predicted octanol–water partition coefficient (Wildman–Crippen LogP) is 2.21. The van der Waals surface area contributed by atoms with E-state index in [1.165, 1.54) is 6.07 Å². The van der Waals surface area contributed by atoms with Crippen LogP contribution < -0.4 is 10.6 Å². The normalized spacial score (nSPS) is 20.6. The number of nitrogens with one attached hydrogen (secondary N) is 2. The zero-order chi connectivity index (χ0) is 12.3. The van der Waals surface area contributed by atoms with Gasteiger partial charge in [-0.05, 0) is 49.9 Å². The fraction of sp³-hybridized carbons (Fsp3) is 0.462. The van der Waals surface area contributed by atoms with E-state index in [1.807, 2.05) is 0 Å². The summed E-state index contributed by atoms with van der Waals surface area (Å²) >= 11 is 0. The van der Waals surface area contributed by atoms with Crippen LogP contribution in [0.25, 0.3) is 0 Å². The summed E-state index contributed by atoms with van der Waals surface area (Å²) in [5.74, 6) is -0.189. The van der Waals surface area contributed by atoms with Gasteiger partial charge in [-0.2, -0.15) is 0 Å². The molecule has 1 aliphatic heterocycles. The summed E-state index contributed by atoms with van der Waals surface area (Å²) < 4.78 is 13.1. The van der Waals surface area contributed by atoms with Gasteiger partial charge >= 0.3 is 0 Å². The Kier molecular flexibility index (Phi) is 3.61. The van der Waals surface area contributed by atoms with Crippen LogP contribution in [0.2, 0.25) is 0 Å². The third-order valence-corrected chi connectivity index (χ3v) is 3.03. The van der Waals surface area contributed by atoms with Crippen molar-refractivity contribution in [3.63, 3.8) is 0 Å². The molecule has 2 rings (SSSR count). The monoisotopic (exact) mass is 236 g/mol. The van der Waals surface area contributed by atoms with Gasteiger partial charge in [0.05, 0.1) is 0 Å². The second kappa shape index (κ2) is 5.17. The lowest BCUT2D eigenvalue weighted by atomic mass is 10.1. The van der Waals surface area contributed by atoms with E-state index in [9.17, 15) is 9.18 Å². The van der Waals surface area contributed by atoms with Crippen molar-refractivity contribution in [3.05, 3.63) is 29.6 Å². The van der Waals surface area contributed by atoms with Gasteiger partial charge in [-0.15, -0.1) is 0 Å². The van der Waals surface area contributed by atoms with Gasteiger partial charge in [0.15, 0.2) is 0 Å². The minimum atomic E-state index is -0.221. The Morgan fingerprint density at radius 1 is 1.41 bits per heavy atom. The lowest BCUT2D eigenvalue weighted by Gasteiger charge is -2.16. The average molecular weight is 236 g/mol. The first-order chi connectivity index (χ1) is 8.16. The van der Waals surface area contributed by atoms with Crippen molar-refractivity contribution in [1.29, 1.82) is 0 Å². The van der Waals surface area contributed by atoms with Crippen molar-refractivity contribution in [2.24, 2.45) is 0 Å². The second-order valence-electron chi connectivity index (χ2n) is 4.45. The van der Waals surface area contributed by atoms with Crippen LogP contribution in [0.5, 0.6) is 0 Å². The maximum atomic E-state index is 13.1. The standard InChI is InChI=1S/C13H17FN2O/c1-9-8-10(5-6-11(9)14)16-12-4-2-3-7-15-13(12)17/h5-6,8,12,16H,2-4,7H2,1H3,(H,15,17). The molecule has 1 saturated heterocycles. The van der Waals surface area contributed by atoms with Crippen molar-refractivity contribution < 1.29 is 9.18 Å². The molecule has 1 amide bonds. The first kappa shape index (κ1) is 11.9. The molecule has 1 atom stereocenters. The minimum absolute atomic E-state index is 0.0319. The van der Waals surface area contributed by atoms with Gasteiger partial charge in [0.2, 0.25) is 5.91 Å². The van der Waals surface area contributed by atoms with Crippen LogP contribution in [0.3, 0.4) is 0 Å². The number of carbonyl (C=O) groups excluding carboxylic acids is 1. The Bertz CT molecular complexity index is 420. The zero-order valence-electron chi connectivity index (χ0n) is 9.92. The number of carbonyl (C=O) groups is 1. The molecule has 0 saturated carbocycles. The van der Waals surface area contributed by atoms with Gasteiger partial charge in [0.1, 0.15) is 11.9 Å². The number of amides is 1. The summed E-state index contributed by atoms with van der Waals surface area (Å²) in [6, 6.07) is 4.61. The number of benzene rings is 1. The van der Waals surface area contributed by atoms with Crippen LogP contribution in [-0.2, 0) is 4.79 Å². The molecule has 0 radical (unpaired) electrons. The molecule has 92 valence electrons. The van der Waals surface area contributed by atoms with E-state index in [2.05, 4.69) is 10.6 Å². The van der Waals surface area contributed by atoms with E-state index in [1.54, 1.807) is 19.1 Å². The molecule has 3 nitrogen and oxygen atoms in total. The van der Waals surface area contributed by atoms with Gasteiger partial charge in [-0.1, -0.05) is 0 Å². The largest absolute Gasteiger partial charge is 0.374 e. The number of halogens is 1. The average Bonchev–Trinajstić information content (AvgIpc) is 2.50. The SMILES string of the molecule is Cc1cc(NC2CCCCNC2=O)ccc1F. The van der Waals surface area contributed by atoms with E-state index in [4.69, 9.17) is 0 Å². The molecule has 1 aromatic carbocycles. The highest BCUT2D eigenvalue weighted by Gasteiger charge is 2.20. The molecule has 0 aromatic heterocycles. The van der Waals surface area contributed by atoms with Crippen LogP contribution in [0.15, 0.2) is 18.2 Å². The van der Waals surface area contributed by atoms with E-state index in [-0.39, 0.29) is 17.8 Å². The molecule has 0 bridgehead atoms. The predicted molar refractivity (Wildman–Crippen MR) is 65.4 cm³/mol. The number of hydrogen-bond acceptors (Lipinski definition) is 2. The zero-order valence-corrected chi connectivity index (χ0v) is 9.92. The van der Waals surface area contributed by atoms with Crippen molar-refractivity contribution in [3.8, 4) is 0 Å². The van der Waals surface area contributed by atoms with Crippen LogP contribution in [-0.4, -0.2) is 18.5 Å². The Morgan fingerprint density at radius 3 is 3.00 bits per heavy atom. The third-order valence-electron chi connectivity index (χ3n) is 3.03. The Balaban J connectivity index is 2.08. The fourth-order valence-corrected chi connectivity index (χ4v) is 2.01. The second-order valence-corrected chi connectivity index (χ2v) is 4.45. The summed E-state index contributed by atoms with van der Waals surface area (Å²) in [7, 11) is 0. The molecule has 2 N–H and O–H groups in total. The summed E-state index contributed by atoms with van der Waals surface area (Å²) in [4.78, 5) is 11.7. The molecular weight excluding hydrogens is 219 g/mol. The molecule has 1 aliphatic rings. The highest BCUT2D eigenvalue weighted by Crippen LogP contribution is 2.17. The fourth-order valence-electron chi connectivity index (χ4n) is 2.01. The number of anilines is 1. The number of hydrogen-bond donors (Lipinski definition) is 2. The molecule has 1 unspecified atom stereocenters. The molecule has 17 heavy (non-hydrogen) atoms. The lowest BCUT2D eigenvalue weighted by molar-refractivity contribution is -0.121. The molecule has 4 heteroatoms. The molecule has 1 aromatic rings. The van der Waals surface area contributed by atoms with Gasteiger partial charge in [0.25, 0.3) is 0 Å². The first-order valence-electron chi connectivity index (χ1n) is 5.97. The Morgan fingerprint density at radius 2 is 2.24 bits per heavy atom. The van der Waals surface area contributed by atoms with Crippen LogP contribution in [0.4, 0.5) is 10.1 Å². The molecule has 1 fully saturated rings. The van der Waals surface area contributed by atoms with Crippen molar-refractivity contribution in [2.45, 2.75) is 32.2 Å². The number of rotatable bonds is 2. The van der Waals surface area contributed by atoms with Gasteiger partial charge in [0, 0.05) is 12.2 Å². The Hall–Kier alpha value is -1.58. The maximum Gasteiger partial charge on any atom is 0.242 e. The van der Waals surface area contributed by atoms with E-state index in [0.29, 0.717) is 5.56 Å². The first-order valence-corrected chi connectivity index (χ1v) is 5.97. The summed E-state index contributed by atoms with van der Waals surface area (Å²) in [6.07, 6.45) is 2.87. The summed E-state index contributed by atoms with van der Waals surface area (Å²) in [5, 5.41) is 6.03. The molecular formula is C13H17FN2O. The molecule has 0 spiro atoms. The quantitative estimate of drug-likeness (QED) is 0.826. The smallest absolute Gasteiger partial charge is 0.242 e. The summed E-state index contributed by atoms with van der Waals surface area (Å²) in [5.41, 5.74) is 1.38. The lowest BCUT2D eigenvalue weighted by Crippen LogP contribution is -2.37. The van der Waals surface area contributed by atoms with Gasteiger partial charge < -0.3 is 10.6 Å². The van der Waals surface area contributed by atoms with E-state index >= 15 is 0 Å². The van der Waals surface area contributed by atoms with Crippen LogP contribution >= 0.6 is 0 Å². The van der Waals surface area contributed by atoms with E-state index < -0.39 is 0 Å². The molecule has 0 aliphatic carbocycles. The number of aryl methyl sites for hydroxylation is 1. The van der Waals surface area contributed by atoms with Crippen LogP contribution in [0.1, 0.15) is 24.8 Å². The Labute approximate surface area is 100 Å². The van der Waals surface area contributed by atoms with Gasteiger partial charge in [-0.3, -0.25) is 4.79 Å². The third kappa shape index (κ3) is 2.96. The summed E-state index contributed by atoms with van der Waals surface area (Å²) in [6.45, 7) is 2.47. The van der Waals surface area contributed by atoms with Crippen molar-refractivity contribution >= 4 is 11.6 Å². The highest BCUT2D eigenvalue weighted by atomic mass is 19.1. The van der Waals surface area contributed by atoms with Crippen molar-refractivity contribution in [1.82, 2.24) is 5.32 Å². The topological polar surface area (TPSA) is 41.1 Å². The highest BCUT2D eigenvalue weighted by molar-refractivity contribution is 5.84. The van der Waals surface area contributed by atoms with Crippen LogP contribution in [0, 0.1) is 12.7 Å². The van der Waals surface area contributed by atoms with E-state index in [0.717, 1.165) is 31.5 Å². The van der Waals surface area contributed by atoms with Crippen molar-refractivity contribution in [2.75, 3.05) is 11.9 Å². The molecule has 1 heterocycles.